The zero-order valence-corrected chi connectivity index (χ0v) is 11.7. The molecule has 1 aromatic heterocycles. The zero-order valence-electron chi connectivity index (χ0n) is 10.1. The molecule has 0 saturated heterocycles. The van der Waals surface area contributed by atoms with E-state index in [1.54, 1.807) is 6.20 Å². The average Bonchev–Trinajstić information content (AvgIpc) is 2.72. The van der Waals surface area contributed by atoms with Crippen LogP contribution < -0.4 is 10.5 Å². The molecule has 0 radical (unpaired) electrons. The molecule has 3 N–H and O–H groups in total. The minimum Gasteiger partial charge on any atom is -0.398 e. The van der Waals surface area contributed by atoms with Crippen LogP contribution in [-0.4, -0.2) is 13.4 Å². The van der Waals surface area contributed by atoms with Crippen molar-refractivity contribution in [2.75, 3.05) is 5.73 Å². The van der Waals surface area contributed by atoms with Crippen molar-refractivity contribution in [2.45, 2.75) is 18.4 Å². The molecule has 8 heteroatoms. The number of benzene rings is 1. The molecule has 0 atom stereocenters. The monoisotopic (exact) mass is 301 g/mol. The van der Waals surface area contributed by atoms with Gasteiger partial charge in [0.05, 0.1) is 12.2 Å². The van der Waals surface area contributed by atoms with Gasteiger partial charge in [-0.1, -0.05) is 6.07 Å². The highest BCUT2D eigenvalue weighted by Crippen LogP contribution is 2.22. The van der Waals surface area contributed by atoms with Gasteiger partial charge in [-0.15, -0.1) is 11.3 Å². The molecule has 0 spiro atoms. The minimum atomic E-state index is -3.99. The standard InChI is InChI=1S/C11H12FN3O2S2/c1-7-5-14-10(18-7)6-15-19(16,17)11-8(12)3-2-4-9(11)13/h2-5,15H,6,13H2,1H3. The fraction of sp³-hybridized carbons (Fsp3) is 0.182. The molecule has 5 nitrogen and oxygen atoms in total. The molecule has 19 heavy (non-hydrogen) atoms. The normalized spacial score (nSPS) is 11.7. The third-order valence-electron chi connectivity index (χ3n) is 2.35. The molecule has 0 aliphatic heterocycles. The van der Waals surface area contributed by atoms with Crippen LogP contribution >= 0.6 is 11.3 Å². The average molecular weight is 301 g/mol. The second-order valence-electron chi connectivity index (χ2n) is 3.85. The zero-order chi connectivity index (χ0) is 14.0. The quantitative estimate of drug-likeness (QED) is 0.841. The summed E-state index contributed by atoms with van der Waals surface area (Å²) in [7, 11) is -3.99. The van der Waals surface area contributed by atoms with E-state index in [4.69, 9.17) is 5.73 Å². The maximum atomic E-state index is 13.6. The topological polar surface area (TPSA) is 85.1 Å². The van der Waals surface area contributed by atoms with Gasteiger partial charge in [-0.05, 0) is 19.1 Å². The van der Waals surface area contributed by atoms with Gasteiger partial charge in [0.15, 0.2) is 0 Å². The summed E-state index contributed by atoms with van der Waals surface area (Å²) >= 11 is 1.37. The fourth-order valence-electron chi connectivity index (χ4n) is 1.52. The summed E-state index contributed by atoms with van der Waals surface area (Å²) in [5, 5.41) is 0.607. The molecule has 0 amide bonds. The number of nitrogens with two attached hydrogens (primary N) is 1. The van der Waals surface area contributed by atoms with Gasteiger partial charge < -0.3 is 5.73 Å². The molecule has 1 heterocycles. The highest BCUT2D eigenvalue weighted by molar-refractivity contribution is 7.89. The van der Waals surface area contributed by atoms with Crippen LogP contribution in [0, 0.1) is 12.7 Å². The molecule has 0 unspecified atom stereocenters. The van der Waals surface area contributed by atoms with Crippen LogP contribution in [-0.2, 0) is 16.6 Å². The lowest BCUT2D eigenvalue weighted by atomic mass is 10.3. The number of sulfonamides is 1. The van der Waals surface area contributed by atoms with E-state index in [0.29, 0.717) is 5.01 Å². The van der Waals surface area contributed by atoms with E-state index in [0.717, 1.165) is 10.9 Å². The summed E-state index contributed by atoms with van der Waals surface area (Å²) < 4.78 is 39.8. The number of hydrogen-bond donors (Lipinski definition) is 2. The maximum absolute atomic E-state index is 13.6. The summed E-state index contributed by atoms with van der Waals surface area (Å²) in [5.41, 5.74) is 5.39. The Labute approximate surface area is 114 Å². The molecule has 0 aliphatic rings. The number of nitrogens with zero attached hydrogens (tertiary/aromatic N) is 1. The van der Waals surface area contributed by atoms with Gasteiger partial charge in [-0.2, -0.15) is 0 Å². The van der Waals surface area contributed by atoms with Crippen molar-refractivity contribution in [2.24, 2.45) is 0 Å². The molecule has 1 aromatic carbocycles. The van der Waals surface area contributed by atoms with E-state index in [9.17, 15) is 12.8 Å². The van der Waals surface area contributed by atoms with E-state index in [1.165, 1.54) is 23.5 Å². The number of nitrogens with one attached hydrogen (secondary N) is 1. The van der Waals surface area contributed by atoms with Gasteiger partial charge in [0.1, 0.15) is 15.7 Å². The van der Waals surface area contributed by atoms with Crippen LogP contribution in [0.5, 0.6) is 0 Å². The van der Waals surface area contributed by atoms with Crippen molar-refractivity contribution in [3.63, 3.8) is 0 Å². The lowest BCUT2D eigenvalue weighted by molar-refractivity contribution is 0.558. The molecule has 102 valence electrons. The van der Waals surface area contributed by atoms with Crippen LogP contribution in [0.25, 0.3) is 0 Å². The van der Waals surface area contributed by atoms with Crippen LogP contribution in [0.2, 0.25) is 0 Å². The Morgan fingerprint density at radius 3 is 2.79 bits per heavy atom. The van der Waals surface area contributed by atoms with Gasteiger partial charge in [0.25, 0.3) is 0 Å². The number of nitrogen functional groups attached to an aromatic ring is 1. The van der Waals surface area contributed by atoms with Crippen LogP contribution in [0.1, 0.15) is 9.88 Å². The summed E-state index contributed by atoms with van der Waals surface area (Å²) in [6, 6.07) is 3.75. The minimum absolute atomic E-state index is 0.00855. The van der Waals surface area contributed by atoms with Gasteiger partial charge in [0, 0.05) is 11.1 Å². The molecular formula is C11H12FN3O2S2. The van der Waals surface area contributed by atoms with Gasteiger partial charge in [0.2, 0.25) is 10.0 Å². The van der Waals surface area contributed by atoms with Crippen LogP contribution in [0.15, 0.2) is 29.3 Å². The highest BCUT2D eigenvalue weighted by atomic mass is 32.2. The van der Waals surface area contributed by atoms with Crippen LogP contribution in [0.3, 0.4) is 0 Å². The number of hydrogen-bond acceptors (Lipinski definition) is 5. The lowest BCUT2D eigenvalue weighted by Crippen LogP contribution is -2.25. The molecule has 0 saturated carbocycles. The first-order chi connectivity index (χ1) is 8.90. The highest BCUT2D eigenvalue weighted by Gasteiger charge is 2.22. The Balaban J connectivity index is 2.23. The molecule has 2 rings (SSSR count). The first-order valence-corrected chi connectivity index (χ1v) is 7.65. The molecule has 0 fully saturated rings. The van der Waals surface area contributed by atoms with E-state index < -0.39 is 20.7 Å². The Morgan fingerprint density at radius 1 is 1.47 bits per heavy atom. The largest absolute Gasteiger partial charge is 0.398 e. The van der Waals surface area contributed by atoms with E-state index >= 15 is 0 Å². The first-order valence-electron chi connectivity index (χ1n) is 5.35. The van der Waals surface area contributed by atoms with Crippen LogP contribution in [0.4, 0.5) is 10.1 Å². The van der Waals surface area contributed by atoms with E-state index in [2.05, 4.69) is 9.71 Å². The summed E-state index contributed by atoms with van der Waals surface area (Å²) in [4.78, 5) is 4.47. The Bertz CT molecular complexity index is 677. The summed E-state index contributed by atoms with van der Waals surface area (Å²) in [6.07, 6.45) is 1.64. The number of anilines is 1. The molecule has 2 aromatic rings. The maximum Gasteiger partial charge on any atom is 0.245 e. The van der Waals surface area contributed by atoms with Crippen molar-refractivity contribution in [3.05, 3.63) is 40.1 Å². The summed E-state index contributed by atoms with van der Waals surface area (Å²) in [6.45, 7) is 1.87. The lowest BCUT2D eigenvalue weighted by Gasteiger charge is -2.08. The molecule has 0 bridgehead atoms. The third kappa shape index (κ3) is 3.09. The predicted molar refractivity (Wildman–Crippen MR) is 71.7 cm³/mol. The summed E-state index contributed by atoms with van der Waals surface area (Å²) in [5.74, 6) is -0.872. The Kier molecular flexibility index (Phi) is 3.83. The fourth-order valence-corrected chi connectivity index (χ4v) is 3.51. The number of aryl methyl sites for hydroxylation is 1. The van der Waals surface area contributed by atoms with Crippen molar-refractivity contribution in [3.8, 4) is 0 Å². The SMILES string of the molecule is Cc1cnc(CNS(=O)(=O)c2c(N)cccc2F)s1. The number of thiazole rings is 1. The number of halogens is 1. The smallest absolute Gasteiger partial charge is 0.245 e. The predicted octanol–water partition coefficient (Wildman–Crippen LogP) is 1.65. The Hall–Kier alpha value is -1.51. The van der Waals surface area contributed by atoms with Crippen molar-refractivity contribution >= 4 is 27.0 Å². The Morgan fingerprint density at radius 2 is 2.21 bits per heavy atom. The second kappa shape index (κ2) is 5.24. The van der Waals surface area contributed by atoms with Gasteiger partial charge in [-0.3, -0.25) is 0 Å². The number of rotatable bonds is 4. The second-order valence-corrected chi connectivity index (χ2v) is 6.87. The molecular weight excluding hydrogens is 289 g/mol. The first kappa shape index (κ1) is 13.9. The van der Waals surface area contributed by atoms with Crippen molar-refractivity contribution < 1.29 is 12.8 Å². The van der Waals surface area contributed by atoms with Gasteiger partial charge >= 0.3 is 0 Å². The third-order valence-corrected chi connectivity index (χ3v) is 4.75. The number of aromatic nitrogens is 1. The van der Waals surface area contributed by atoms with E-state index in [1.807, 2.05) is 6.92 Å². The van der Waals surface area contributed by atoms with Crippen molar-refractivity contribution in [1.29, 1.82) is 0 Å². The van der Waals surface area contributed by atoms with E-state index in [-0.39, 0.29) is 12.2 Å². The van der Waals surface area contributed by atoms with Gasteiger partial charge in [-0.25, -0.2) is 22.5 Å². The molecule has 0 aliphatic carbocycles. The van der Waals surface area contributed by atoms with Crippen molar-refractivity contribution in [1.82, 2.24) is 9.71 Å².